The first-order valence-electron chi connectivity index (χ1n) is 8.91. The van der Waals surface area contributed by atoms with Gasteiger partial charge in [-0.3, -0.25) is 9.59 Å². The van der Waals surface area contributed by atoms with Gasteiger partial charge in [-0.1, -0.05) is 42.5 Å². The lowest BCUT2D eigenvalue weighted by Crippen LogP contribution is -2.34. The summed E-state index contributed by atoms with van der Waals surface area (Å²) in [6, 6.07) is 20.6. The Morgan fingerprint density at radius 1 is 0.931 bits per heavy atom. The Kier molecular flexibility index (Phi) is 6.37. The number of phenolic OH excluding ortho intramolecular Hbond substituents is 1. The lowest BCUT2D eigenvalue weighted by Gasteiger charge is -2.11. The molecule has 3 N–H and O–H groups in total. The molecule has 0 saturated carbocycles. The molecule has 3 aromatic carbocycles. The minimum absolute atomic E-state index is 0.0287. The molecule has 0 saturated heterocycles. The average molecular weight is 390 g/mol. The first-order valence-corrected chi connectivity index (χ1v) is 8.91. The summed E-state index contributed by atoms with van der Waals surface area (Å²) in [5.74, 6) is -1.26. The minimum atomic E-state index is -0.522. The summed E-state index contributed by atoms with van der Waals surface area (Å²) in [5, 5.41) is 14.7. The second-order valence-corrected chi connectivity index (χ2v) is 6.28. The predicted molar refractivity (Wildman–Crippen MR) is 108 cm³/mol. The van der Waals surface area contributed by atoms with Gasteiger partial charge >= 0.3 is 0 Å². The van der Waals surface area contributed by atoms with Crippen LogP contribution in [0.4, 0.5) is 4.39 Å². The van der Waals surface area contributed by atoms with Crippen LogP contribution in [0.15, 0.2) is 84.6 Å². The van der Waals surface area contributed by atoms with Crippen LogP contribution in [-0.2, 0) is 11.3 Å². The molecule has 0 heterocycles. The van der Waals surface area contributed by atoms with Crippen molar-refractivity contribution >= 4 is 17.9 Å². The number of aromatic hydroxyl groups is 1. The highest BCUT2D eigenvalue weighted by atomic mass is 19.1. The predicted octanol–water partition coefficient (Wildman–Crippen LogP) is 3.62. The van der Waals surface area contributed by atoms with Crippen LogP contribution < -0.4 is 10.6 Å². The maximum Gasteiger partial charge on any atom is 0.268 e. The zero-order valence-corrected chi connectivity index (χ0v) is 15.4. The van der Waals surface area contributed by atoms with Crippen LogP contribution >= 0.6 is 0 Å². The third-order valence-electron chi connectivity index (χ3n) is 4.07. The van der Waals surface area contributed by atoms with Crippen LogP contribution in [0, 0.1) is 5.82 Å². The quantitative estimate of drug-likeness (QED) is 0.563. The normalized spacial score (nSPS) is 11.0. The third-order valence-corrected chi connectivity index (χ3v) is 4.07. The maximum atomic E-state index is 13.3. The van der Waals surface area contributed by atoms with Crippen molar-refractivity contribution in [3.8, 4) is 5.75 Å². The fourth-order valence-corrected chi connectivity index (χ4v) is 2.60. The molecule has 5 nitrogen and oxygen atoms in total. The van der Waals surface area contributed by atoms with E-state index in [0.29, 0.717) is 16.7 Å². The number of benzene rings is 3. The fraction of sp³-hybridized carbons (Fsp3) is 0.0435. The van der Waals surface area contributed by atoms with Crippen molar-refractivity contribution in [3.63, 3.8) is 0 Å². The van der Waals surface area contributed by atoms with E-state index in [1.165, 1.54) is 30.3 Å². The SMILES string of the molecule is O=C(NCc1cccc(F)c1)/C(=C/c1ccc(O)cc1)NC(=O)c1ccccc1. The van der Waals surface area contributed by atoms with Crippen molar-refractivity contribution in [1.29, 1.82) is 0 Å². The lowest BCUT2D eigenvalue weighted by molar-refractivity contribution is -0.117. The summed E-state index contributed by atoms with van der Waals surface area (Å²) >= 11 is 0. The van der Waals surface area contributed by atoms with Gasteiger partial charge in [0.05, 0.1) is 0 Å². The van der Waals surface area contributed by atoms with Crippen molar-refractivity contribution in [3.05, 3.63) is 107 Å². The Morgan fingerprint density at radius 2 is 1.66 bits per heavy atom. The van der Waals surface area contributed by atoms with Gasteiger partial charge < -0.3 is 15.7 Å². The van der Waals surface area contributed by atoms with E-state index in [1.54, 1.807) is 54.6 Å². The Morgan fingerprint density at radius 3 is 2.34 bits per heavy atom. The van der Waals surface area contributed by atoms with Crippen LogP contribution in [0.1, 0.15) is 21.5 Å². The molecular formula is C23H19FN2O3. The highest BCUT2D eigenvalue weighted by molar-refractivity contribution is 6.05. The number of amides is 2. The van der Waals surface area contributed by atoms with Gasteiger partial charge in [-0.05, 0) is 53.6 Å². The number of halogens is 1. The van der Waals surface area contributed by atoms with Gasteiger partial charge in [-0.2, -0.15) is 0 Å². The fourth-order valence-electron chi connectivity index (χ4n) is 2.60. The van der Waals surface area contributed by atoms with Gasteiger partial charge in [0.25, 0.3) is 11.8 Å². The first-order chi connectivity index (χ1) is 14.0. The molecule has 0 fully saturated rings. The number of carbonyl (C=O) groups is 2. The van der Waals surface area contributed by atoms with Crippen LogP contribution in [0.5, 0.6) is 5.75 Å². The van der Waals surface area contributed by atoms with Crippen LogP contribution in [0.2, 0.25) is 0 Å². The smallest absolute Gasteiger partial charge is 0.268 e. The van der Waals surface area contributed by atoms with E-state index in [-0.39, 0.29) is 18.0 Å². The van der Waals surface area contributed by atoms with Gasteiger partial charge in [0, 0.05) is 12.1 Å². The topological polar surface area (TPSA) is 78.4 Å². The van der Waals surface area contributed by atoms with E-state index >= 15 is 0 Å². The number of hydrogen-bond donors (Lipinski definition) is 3. The van der Waals surface area contributed by atoms with Crippen LogP contribution in [0.25, 0.3) is 6.08 Å². The van der Waals surface area contributed by atoms with Crippen molar-refractivity contribution in [2.75, 3.05) is 0 Å². The summed E-state index contributed by atoms with van der Waals surface area (Å²) in [6.07, 6.45) is 1.50. The Hall–Kier alpha value is -3.93. The third kappa shape index (κ3) is 5.77. The number of hydrogen-bond acceptors (Lipinski definition) is 3. The minimum Gasteiger partial charge on any atom is -0.508 e. The molecule has 0 aliphatic rings. The summed E-state index contributed by atoms with van der Waals surface area (Å²) < 4.78 is 13.3. The zero-order chi connectivity index (χ0) is 20.6. The lowest BCUT2D eigenvalue weighted by atomic mass is 10.1. The molecule has 0 aromatic heterocycles. The van der Waals surface area contributed by atoms with Crippen LogP contribution in [-0.4, -0.2) is 16.9 Å². The van der Waals surface area contributed by atoms with Crippen molar-refractivity contribution in [1.82, 2.24) is 10.6 Å². The molecule has 2 amide bonds. The van der Waals surface area contributed by atoms with Gasteiger partial charge in [-0.25, -0.2) is 4.39 Å². The Bertz CT molecular complexity index is 1030. The van der Waals surface area contributed by atoms with E-state index in [0.717, 1.165) is 0 Å². The zero-order valence-electron chi connectivity index (χ0n) is 15.4. The van der Waals surface area contributed by atoms with Crippen LogP contribution in [0.3, 0.4) is 0 Å². The Balaban J connectivity index is 1.80. The monoisotopic (exact) mass is 390 g/mol. The molecule has 0 unspecified atom stereocenters. The molecule has 29 heavy (non-hydrogen) atoms. The largest absolute Gasteiger partial charge is 0.508 e. The Labute approximate surface area is 167 Å². The average Bonchev–Trinajstić information content (AvgIpc) is 2.73. The first kappa shape index (κ1) is 19.8. The molecular weight excluding hydrogens is 371 g/mol. The number of rotatable bonds is 6. The van der Waals surface area contributed by atoms with E-state index in [2.05, 4.69) is 10.6 Å². The van der Waals surface area contributed by atoms with Crippen molar-refractivity contribution < 1.29 is 19.1 Å². The number of nitrogens with one attached hydrogen (secondary N) is 2. The summed E-state index contributed by atoms with van der Waals surface area (Å²) in [7, 11) is 0. The molecule has 3 rings (SSSR count). The highest BCUT2D eigenvalue weighted by Crippen LogP contribution is 2.13. The molecule has 146 valence electrons. The standard InChI is InChI=1S/C23H19FN2O3/c24-19-8-4-5-17(13-19)15-25-23(29)21(14-16-9-11-20(27)12-10-16)26-22(28)18-6-2-1-3-7-18/h1-14,27H,15H2,(H,25,29)(H,26,28)/b21-14-. The van der Waals surface area contributed by atoms with E-state index in [4.69, 9.17) is 0 Å². The van der Waals surface area contributed by atoms with Crippen molar-refractivity contribution in [2.45, 2.75) is 6.54 Å². The second-order valence-electron chi connectivity index (χ2n) is 6.28. The molecule has 0 aliphatic carbocycles. The molecule has 3 aromatic rings. The maximum absolute atomic E-state index is 13.3. The summed E-state index contributed by atoms with van der Waals surface area (Å²) in [6.45, 7) is 0.102. The molecule has 0 bridgehead atoms. The van der Waals surface area contributed by atoms with E-state index in [1.807, 2.05) is 0 Å². The van der Waals surface area contributed by atoms with Gasteiger partial charge in [0.15, 0.2) is 0 Å². The molecule has 0 aliphatic heterocycles. The second kappa shape index (κ2) is 9.32. The molecule has 6 heteroatoms. The number of carbonyl (C=O) groups excluding carboxylic acids is 2. The molecule has 0 spiro atoms. The van der Waals surface area contributed by atoms with E-state index < -0.39 is 17.6 Å². The van der Waals surface area contributed by atoms with Gasteiger partial charge in [0.1, 0.15) is 17.3 Å². The van der Waals surface area contributed by atoms with E-state index in [9.17, 15) is 19.1 Å². The summed E-state index contributed by atoms with van der Waals surface area (Å²) in [4.78, 5) is 25.2. The summed E-state index contributed by atoms with van der Waals surface area (Å²) in [5.41, 5.74) is 1.65. The highest BCUT2D eigenvalue weighted by Gasteiger charge is 2.14. The molecule has 0 atom stereocenters. The number of phenols is 1. The van der Waals surface area contributed by atoms with Crippen molar-refractivity contribution in [2.24, 2.45) is 0 Å². The van der Waals surface area contributed by atoms with Gasteiger partial charge in [-0.15, -0.1) is 0 Å². The van der Waals surface area contributed by atoms with Gasteiger partial charge in [0.2, 0.25) is 0 Å². The molecule has 0 radical (unpaired) electrons.